The minimum Gasteiger partial charge on any atom is -0.357 e. The number of likely N-dealkylation sites (N-methyl/N-ethyl adjacent to an activating group) is 2. The van der Waals surface area contributed by atoms with Crippen LogP contribution < -0.4 is 16.0 Å². The van der Waals surface area contributed by atoms with E-state index in [0.29, 0.717) is 0 Å². The third kappa shape index (κ3) is 14.8. The second-order valence-electron chi connectivity index (χ2n) is 4.14. The quantitative estimate of drug-likeness (QED) is 0.713. The molecule has 5 nitrogen and oxygen atoms in total. The number of carbonyl (C=O) groups is 2. The minimum absolute atomic E-state index is 0.0794. The SMILES string of the molecule is CC.CCC.CNCC(=O)NC(C(=O)NC)C(C)C. The normalized spacial score (nSPS) is 10.4. The lowest BCUT2D eigenvalue weighted by atomic mass is 10.0. The van der Waals surface area contributed by atoms with E-state index in [4.69, 9.17) is 0 Å². The van der Waals surface area contributed by atoms with Gasteiger partial charge in [-0.3, -0.25) is 9.59 Å². The van der Waals surface area contributed by atoms with Crippen molar-refractivity contribution in [2.45, 2.75) is 54.0 Å². The third-order valence-corrected chi connectivity index (χ3v) is 1.85. The molecule has 0 aliphatic heterocycles. The molecule has 0 spiro atoms. The summed E-state index contributed by atoms with van der Waals surface area (Å²) in [5.74, 6) is -0.255. The van der Waals surface area contributed by atoms with Gasteiger partial charge in [-0.05, 0) is 13.0 Å². The van der Waals surface area contributed by atoms with Crippen molar-refractivity contribution in [3.63, 3.8) is 0 Å². The molecule has 1 atom stereocenters. The molecule has 1 unspecified atom stereocenters. The monoisotopic (exact) mass is 275 g/mol. The van der Waals surface area contributed by atoms with E-state index in [1.54, 1.807) is 14.1 Å². The molecule has 0 aromatic rings. The maximum Gasteiger partial charge on any atom is 0.242 e. The Kier molecular flexibility index (Phi) is 20.5. The standard InChI is InChI=1S/C9H19N3O2.C3H8.C2H6/c1-6(2)8(9(14)11-4)12-7(13)5-10-3;1-3-2;1-2/h6,8,10H,5H2,1-4H3,(H,11,14)(H,12,13);3H2,1-2H3;1-2H3. The second kappa shape index (κ2) is 16.9. The van der Waals surface area contributed by atoms with Crippen LogP contribution in [0.2, 0.25) is 0 Å². The van der Waals surface area contributed by atoms with Crippen LogP contribution in [-0.2, 0) is 9.59 Å². The van der Waals surface area contributed by atoms with Crippen molar-refractivity contribution in [1.82, 2.24) is 16.0 Å². The largest absolute Gasteiger partial charge is 0.357 e. The Bertz CT molecular complexity index is 219. The van der Waals surface area contributed by atoms with E-state index in [1.807, 2.05) is 27.7 Å². The molecule has 0 aromatic carbocycles. The van der Waals surface area contributed by atoms with Crippen molar-refractivity contribution >= 4 is 11.8 Å². The van der Waals surface area contributed by atoms with Crippen molar-refractivity contribution in [2.24, 2.45) is 5.92 Å². The molecule has 19 heavy (non-hydrogen) atoms. The molecule has 0 radical (unpaired) electrons. The first-order valence-corrected chi connectivity index (χ1v) is 7.09. The van der Waals surface area contributed by atoms with Crippen LogP contribution in [0.25, 0.3) is 0 Å². The smallest absolute Gasteiger partial charge is 0.242 e. The van der Waals surface area contributed by atoms with Crippen LogP contribution in [0.5, 0.6) is 0 Å². The van der Waals surface area contributed by atoms with Gasteiger partial charge < -0.3 is 16.0 Å². The average Bonchev–Trinajstić information content (AvgIpc) is 2.38. The fourth-order valence-corrected chi connectivity index (χ4v) is 1.08. The van der Waals surface area contributed by atoms with Crippen LogP contribution in [0.4, 0.5) is 0 Å². The van der Waals surface area contributed by atoms with Crippen LogP contribution in [0.3, 0.4) is 0 Å². The number of hydrogen-bond acceptors (Lipinski definition) is 3. The van der Waals surface area contributed by atoms with Crippen molar-refractivity contribution in [1.29, 1.82) is 0 Å². The van der Waals surface area contributed by atoms with Gasteiger partial charge in [-0.2, -0.15) is 0 Å². The summed E-state index contributed by atoms with van der Waals surface area (Å²) in [5.41, 5.74) is 0. The van der Waals surface area contributed by atoms with Crippen LogP contribution in [0, 0.1) is 5.92 Å². The van der Waals surface area contributed by atoms with Crippen molar-refractivity contribution < 1.29 is 9.59 Å². The van der Waals surface area contributed by atoms with Gasteiger partial charge in [-0.25, -0.2) is 0 Å². The molecule has 2 amide bonds. The topological polar surface area (TPSA) is 70.2 Å². The van der Waals surface area contributed by atoms with Crippen molar-refractivity contribution in [2.75, 3.05) is 20.6 Å². The highest BCUT2D eigenvalue weighted by atomic mass is 16.2. The number of hydrogen-bond donors (Lipinski definition) is 3. The zero-order chi connectivity index (χ0) is 15.8. The lowest BCUT2D eigenvalue weighted by Gasteiger charge is -2.20. The fourth-order valence-electron chi connectivity index (χ4n) is 1.08. The first-order valence-electron chi connectivity index (χ1n) is 7.09. The van der Waals surface area contributed by atoms with Gasteiger partial charge in [-0.15, -0.1) is 0 Å². The molecule has 0 aromatic heterocycles. The van der Waals surface area contributed by atoms with E-state index < -0.39 is 6.04 Å². The summed E-state index contributed by atoms with van der Waals surface area (Å²) in [6, 6.07) is -0.458. The number of nitrogens with one attached hydrogen (secondary N) is 3. The molecule has 5 heteroatoms. The van der Waals surface area contributed by atoms with E-state index in [0.717, 1.165) is 0 Å². The van der Waals surface area contributed by atoms with Gasteiger partial charge in [0.25, 0.3) is 0 Å². The summed E-state index contributed by atoms with van der Waals surface area (Å²) >= 11 is 0. The Balaban J connectivity index is -0.000000445. The van der Waals surface area contributed by atoms with E-state index in [2.05, 4.69) is 29.8 Å². The Morgan fingerprint density at radius 1 is 1.05 bits per heavy atom. The van der Waals surface area contributed by atoms with E-state index in [9.17, 15) is 9.59 Å². The van der Waals surface area contributed by atoms with Gasteiger partial charge in [-0.1, -0.05) is 48.0 Å². The van der Waals surface area contributed by atoms with Gasteiger partial charge in [0.05, 0.1) is 6.54 Å². The zero-order valence-corrected chi connectivity index (χ0v) is 13.9. The summed E-state index contributed by atoms with van der Waals surface area (Å²) in [5, 5.41) is 7.90. The molecular weight excluding hydrogens is 242 g/mol. The number of amides is 2. The first kappa shape index (κ1) is 23.0. The Labute approximate surface area is 118 Å². The Hall–Kier alpha value is -1.10. The summed E-state index contributed by atoms with van der Waals surface area (Å²) in [4.78, 5) is 22.6. The van der Waals surface area contributed by atoms with E-state index in [-0.39, 0.29) is 24.3 Å². The highest BCUT2D eigenvalue weighted by Crippen LogP contribution is 2.00. The average molecular weight is 275 g/mol. The van der Waals surface area contributed by atoms with Crippen LogP contribution in [0.15, 0.2) is 0 Å². The lowest BCUT2D eigenvalue weighted by Crippen LogP contribution is -2.50. The van der Waals surface area contributed by atoms with Gasteiger partial charge in [0.1, 0.15) is 6.04 Å². The highest BCUT2D eigenvalue weighted by molar-refractivity contribution is 5.88. The fraction of sp³-hybridized carbons (Fsp3) is 0.857. The van der Waals surface area contributed by atoms with Crippen LogP contribution >= 0.6 is 0 Å². The maximum atomic E-state index is 11.3. The van der Waals surface area contributed by atoms with Crippen molar-refractivity contribution in [3.05, 3.63) is 0 Å². The molecular formula is C14H33N3O2. The summed E-state index contributed by atoms with van der Waals surface area (Å²) in [6.45, 7) is 12.2. The summed E-state index contributed by atoms with van der Waals surface area (Å²) in [7, 11) is 3.24. The van der Waals surface area contributed by atoms with Crippen LogP contribution in [-0.4, -0.2) is 38.5 Å². The predicted molar refractivity (Wildman–Crippen MR) is 82.1 cm³/mol. The molecule has 0 rings (SSSR count). The van der Waals surface area contributed by atoms with Crippen LogP contribution in [0.1, 0.15) is 48.0 Å². The molecule has 0 bridgehead atoms. The summed E-state index contributed by atoms with van der Waals surface area (Å²) < 4.78 is 0. The molecule has 0 aliphatic carbocycles. The number of rotatable bonds is 5. The van der Waals surface area contributed by atoms with Gasteiger partial charge in [0, 0.05) is 7.05 Å². The predicted octanol–water partition coefficient (Wildman–Crippen LogP) is 1.54. The highest BCUT2D eigenvalue weighted by Gasteiger charge is 2.22. The Morgan fingerprint density at radius 2 is 1.47 bits per heavy atom. The molecule has 0 saturated carbocycles. The second-order valence-corrected chi connectivity index (χ2v) is 4.14. The molecule has 0 saturated heterocycles. The minimum atomic E-state index is -0.458. The molecule has 0 aliphatic rings. The van der Waals surface area contributed by atoms with Gasteiger partial charge in [0.2, 0.25) is 11.8 Å². The zero-order valence-electron chi connectivity index (χ0n) is 13.9. The Morgan fingerprint density at radius 3 is 1.74 bits per heavy atom. The molecule has 116 valence electrons. The molecule has 0 heterocycles. The molecule has 0 fully saturated rings. The maximum absolute atomic E-state index is 11.3. The third-order valence-electron chi connectivity index (χ3n) is 1.85. The van der Waals surface area contributed by atoms with Gasteiger partial charge >= 0.3 is 0 Å². The van der Waals surface area contributed by atoms with Crippen molar-refractivity contribution in [3.8, 4) is 0 Å². The summed E-state index contributed by atoms with van der Waals surface area (Å²) in [6.07, 6.45) is 1.25. The van der Waals surface area contributed by atoms with E-state index >= 15 is 0 Å². The molecule has 3 N–H and O–H groups in total. The van der Waals surface area contributed by atoms with Gasteiger partial charge in [0.15, 0.2) is 0 Å². The first-order chi connectivity index (χ1) is 8.94. The van der Waals surface area contributed by atoms with E-state index in [1.165, 1.54) is 6.42 Å². The number of carbonyl (C=O) groups excluding carboxylic acids is 2. The lowest BCUT2D eigenvalue weighted by molar-refractivity contribution is -0.129.